The smallest absolute Gasteiger partial charge is 0.284 e. The molecule has 1 atom stereocenters. The minimum atomic E-state index is -3.32. The lowest BCUT2D eigenvalue weighted by Gasteiger charge is -2.19. The highest BCUT2D eigenvalue weighted by Crippen LogP contribution is 2.36. The second-order valence-corrected chi connectivity index (χ2v) is 10.4. The number of nitrogens with zero attached hydrogens (tertiary/aromatic N) is 2. The van der Waals surface area contributed by atoms with Gasteiger partial charge in [-0.25, -0.2) is 13.4 Å². The van der Waals surface area contributed by atoms with Gasteiger partial charge in [-0.05, 0) is 47.5 Å². The monoisotopic (exact) mass is 445 g/mol. The number of sulfonamides is 1. The predicted molar refractivity (Wildman–Crippen MR) is 118 cm³/mol. The maximum absolute atomic E-state index is 13.0. The number of hydrazone groups is 1. The molecule has 0 aliphatic carbocycles. The number of anilines is 1. The van der Waals surface area contributed by atoms with Crippen LogP contribution in [0.15, 0.2) is 64.4 Å². The van der Waals surface area contributed by atoms with Crippen LogP contribution in [0.5, 0.6) is 0 Å². The van der Waals surface area contributed by atoms with Crippen LogP contribution in [0.4, 0.5) is 5.69 Å². The molecule has 4 rings (SSSR count). The number of carbonyl (C=O) groups excluding carboxylic acids is 1. The third kappa shape index (κ3) is 4.26. The first kappa shape index (κ1) is 19.8. The normalized spacial score (nSPS) is 16.7. The molecule has 0 saturated heterocycles. The summed E-state index contributed by atoms with van der Waals surface area (Å²) in [6, 6.07) is 14.6. The van der Waals surface area contributed by atoms with E-state index in [1.807, 2.05) is 41.1 Å². The van der Waals surface area contributed by atoms with E-state index >= 15 is 0 Å². The standard InChI is InChI=1S/C20H19N3O3S3/c1-2-29(25,26)22-15-9-7-14(8-10-15)16-13-17(18-5-3-11-27-18)23(21-16)20(24)19-6-4-12-28-19/h3-12,17,22H,2,13H2,1H3/t17-/m0/s1. The van der Waals surface area contributed by atoms with Crippen LogP contribution in [0.2, 0.25) is 0 Å². The number of rotatable bonds is 6. The molecule has 6 nitrogen and oxygen atoms in total. The van der Waals surface area contributed by atoms with Crippen LogP contribution in [0, 0.1) is 0 Å². The van der Waals surface area contributed by atoms with Crippen LogP contribution in [-0.4, -0.2) is 30.8 Å². The molecule has 9 heteroatoms. The molecule has 1 aromatic carbocycles. The SMILES string of the molecule is CCS(=O)(=O)Nc1ccc(C2=NN(C(=O)c3cccs3)[C@H](c3cccs3)C2)cc1. The van der Waals surface area contributed by atoms with Crippen molar-refractivity contribution in [1.82, 2.24) is 5.01 Å². The van der Waals surface area contributed by atoms with Gasteiger partial charge in [0.2, 0.25) is 10.0 Å². The highest BCUT2D eigenvalue weighted by molar-refractivity contribution is 7.92. The van der Waals surface area contributed by atoms with Gasteiger partial charge in [0.15, 0.2) is 0 Å². The van der Waals surface area contributed by atoms with Gasteiger partial charge in [0, 0.05) is 17.0 Å². The van der Waals surface area contributed by atoms with E-state index in [2.05, 4.69) is 9.82 Å². The van der Waals surface area contributed by atoms with E-state index < -0.39 is 10.0 Å². The molecule has 29 heavy (non-hydrogen) atoms. The van der Waals surface area contributed by atoms with Gasteiger partial charge >= 0.3 is 0 Å². The van der Waals surface area contributed by atoms with Crippen molar-refractivity contribution in [2.24, 2.45) is 5.10 Å². The van der Waals surface area contributed by atoms with E-state index in [9.17, 15) is 13.2 Å². The molecule has 3 heterocycles. The average Bonchev–Trinajstić information content (AvgIpc) is 3.49. The lowest BCUT2D eigenvalue weighted by molar-refractivity contribution is 0.0719. The Kier molecular flexibility index (Phi) is 5.53. The maximum Gasteiger partial charge on any atom is 0.284 e. The molecule has 1 amide bonds. The first-order valence-electron chi connectivity index (χ1n) is 9.05. The summed E-state index contributed by atoms with van der Waals surface area (Å²) in [6.45, 7) is 1.59. The fourth-order valence-corrected chi connectivity index (χ4v) is 5.18. The van der Waals surface area contributed by atoms with E-state index in [1.165, 1.54) is 11.3 Å². The average molecular weight is 446 g/mol. The second-order valence-electron chi connectivity index (χ2n) is 6.49. The molecular weight excluding hydrogens is 426 g/mol. The Hall–Kier alpha value is -2.49. The number of nitrogens with one attached hydrogen (secondary N) is 1. The molecule has 0 bridgehead atoms. The van der Waals surface area contributed by atoms with Gasteiger partial charge in [-0.15, -0.1) is 22.7 Å². The number of carbonyl (C=O) groups is 1. The molecule has 3 aromatic rings. The van der Waals surface area contributed by atoms with Crippen LogP contribution in [0.3, 0.4) is 0 Å². The van der Waals surface area contributed by atoms with Crippen LogP contribution in [-0.2, 0) is 10.0 Å². The topological polar surface area (TPSA) is 78.8 Å². The van der Waals surface area contributed by atoms with Gasteiger partial charge < -0.3 is 0 Å². The van der Waals surface area contributed by atoms with Crippen molar-refractivity contribution in [2.45, 2.75) is 19.4 Å². The summed E-state index contributed by atoms with van der Waals surface area (Å²) in [5.74, 6) is -0.0928. The minimum Gasteiger partial charge on any atom is -0.284 e. The summed E-state index contributed by atoms with van der Waals surface area (Å²) in [4.78, 5) is 14.7. The molecule has 150 valence electrons. The fourth-order valence-electron chi connectivity index (χ4n) is 3.07. The number of amides is 1. The van der Waals surface area contributed by atoms with Gasteiger partial charge in [0.1, 0.15) is 0 Å². The zero-order chi connectivity index (χ0) is 20.4. The number of hydrogen-bond donors (Lipinski definition) is 1. The Morgan fingerprint density at radius 1 is 1.14 bits per heavy atom. The highest BCUT2D eigenvalue weighted by atomic mass is 32.2. The minimum absolute atomic E-state index is 0.0176. The van der Waals surface area contributed by atoms with Gasteiger partial charge in [-0.3, -0.25) is 9.52 Å². The van der Waals surface area contributed by atoms with Crippen molar-refractivity contribution in [3.05, 3.63) is 74.6 Å². The molecule has 1 N–H and O–H groups in total. The molecule has 1 aliphatic rings. The Labute approximate surface area is 177 Å². The van der Waals surface area contributed by atoms with Crippen molar-refractivity contribution in [3.63, 3.8) is 0 Å². The predicted octanol–water partition coefficient (Wildman–Crippen LogP) is 4.56. The van der Waals surface area contributed by atoms with Crippen molar-refractivity contribution in [1.29, 1.82) is 0 Å². The Morgan fingerprint density at radius 3 is 2.48 bits per heavy atom. The zero-order valence-electron chi connectivity index (χ0n) is 15.6. The third-order valence-electron chi connectivity index (χ3n) is 4.59. The number of benzene rings is 1. The quantitative estimate of drug-likeness (QED) is 0.604. The van der Waals surface area contributed by atoms with E-state index in [0.29, 0.717) is 17.0 Å². The van der Waals surface area contributed by atoms with Crippen LogP contribution in [0.25, 0.3) is 0 Å². The molecular formula is C20H19N3O3S3. The van der Waals surface area contributed by atoms with Crippen molar-refractivity contribution in [3.8, 4) is 0 Å². The van der Waals surface area contributed by atoms with Crippen LogP contribution < -0.4 is 4.72 Å². The maximum atomic E-state index is 13.0. The fraction of sp³-hybridized carbons (Fsp3) is 0.200. The first-order valence-corrected chi connectivity index (χ1v) is 12.5. The van der Waals surface area contributed by atoms with E-state index in [1.54, 1.807) is 41.5 Å². The molecule has 1 aliphatic heterocycles. The highest BCUT2D eigenvalue weighted by Gasteiger charge is 2.34. The van der Waals surface area contributed by atoms with Crippen molar-refractivity contribution >= 4 is 50.0 Å². The summed E-state index contributed by atoms with van der Waals surface area (Å²) in [7, 11) is -3.32. The Bertz CT molecular complexity index is 1120. The third-order valence-corrected chi connectivity index (χ3v) is 7.73. The molecule has 0 radical (unpaired) electrons. The number of thiophene rings is 2. The van der Waals surface area contributed by atoms with Gasteiger partial charge in [-0.1, -0.05) is 24.3 Å². The van der Waals surface area contributed by atoms with E-state index in [-0.39, 0.29) is 17.7 Å². The van der Waals surface area contributed by atoms with E-state index in [0.717, 1.165) is 16.2 Å². The Morgan fingerprint density at radius 2 is 1.86 bits per heavy atom. The zero-order valence-corrected chi connectivity index (χ0v) is 18.1. The van der Waals surface area contributed by atoms with Crippen molar-refractivity contribution in [2.75, 3.05) is 10.5 Å². The molecule has 0 spiro atoms. The summed E-state index contributed by atoms with van der Waals surface area (Å²) in [5, 5.41) is 10.1. The Balaban J connectivity index is 1.62. The van der Waals surface area contributed by atoms with E-state index in [4.69, 9.17) is 0 Å². The lowest BCUT2D eigenvalue weighted by Crippen LogP contribution is -2.25. The number of hydrogen-bond acceptors (Lipinski definition) is 6. The van der Waals surface area contributed by atoms with Crippen molar-refractivity contribution < 1.29 is 13.2 Å². The largest absolute Gasteiger partial charge is 0.284 e. The molecule has 0 saturated carbocycles. The van der Waals surface area contributed by atoms with Gasteiger partial charge in [0.25, 0.3) is 5.91 Å². The van der Waals surface area contributed by atoms with Crippen LogP contribution in [0.1, 0.15) is 39.5 Å². The van der Waals surface area contributed by atoms with Crippen LogP contribution >= 0.6 is 22.7 Å². The molecule has 0 fully saturated rings. The lowest BCUT2D eigenvalue weighted by atomic mass is 10.0. The summed E-state index contributed by atoms with van der Waals surface area (Å²) in [6.07, 6.45) is 0.609. The molecule has 2 aromatic heterocycles. The molecule has 0 unspecified atom stereocenters. The summed E-state index contributed by atoms with van der Waals surface area (Å²) >= 11 is 3.01. The van der Waals surface area contributed by atoms with Gasteiger partial charge in [-0.2, -0.15) is 5.10 Å². The summed E-state index contributed by atoms with van der Waals surface area (Å²) < 4.78 is 26.0. The second kappa shape index (κ2) is 8.10. The summed E-state index contributed by atoms with van der Waals surface area (Å²) in [5.41, 5.74) is 2.18. The first-order chi connectivity index (χ1) is 14.0. The van der Waals surface area contributed by atoms with Gasteiger partial charge in [0.05, 0.1) is 22.4 Å².